The molecular weight excluding hydrogens is 344 g/mol. The Kier molecular flexibility index (Phi) is 5.92. The van der Waals surface area contributed by atoms with Gasteiger partial charge in [0, 0.05) is 31.6 Å². The first-order chi connectivity index (χ1) is 11.9. The Hall–Kier alpha value is -2.68. The summed E-state index contributed by atoms with van der Waals surface area (Å²) in [7, 11) is -3.04. The molecule has 25 heavy (non-hydrogen) atoms. The highest BCUT2D eigenvalue weighted by Crippen LogP contribution is 2.15. The maximum Gasteiger partial charge on any atom is 0.251 e. The number of amides is 2. The smallest absolute Gasteiger partial charge is 0.251 e. The molecule has 1 aliphatic heterocycles. The highest BCUT2D eigenvalue weighted by molar-refractivity contribution is 7.91. The van der Waals surface area contributed by atoms with E-state index in [1.165, 1.54) is 16.1 Å². The average molecular weight is 364 g/mol. The molecule has 0 aromatic heterocycles. The molecule has 0 bridgehead atoms. The molecule has 0 spiro atoms. The third-order valence-corrected chi connectivity index (χ3v) is 5.43. The van der Waals surface area contributed by atoms with E-state index in [0.29, 0.717) is 11.3 Å². The zero-order valence-electron chi connectivity index (χ0n) is 13.7. The monoisotopic (exact) mass is 364 g/mol. The molecule has 0 unspecified atom stereocenters. The van der Waals surface area contributed by atoms with E-state index < -0.39 is 9.84 Å². The molecule has 1 aliphatic rings. The summed E-state index contributed by atoms with van der Waals surface area (Å²) in [6, 6.07) is 6.57. The van der Waals surface area contributed by atoms with Crippen molar-refractivity contribution in [2.24, 2.45) is 5.10 Å². The van der Waals surface area contributed by atoms with Crippen molar-refractivity contribution < 1.29 is 18.0 Å². The number of hydrogen-bond acceptors (Lipinski definition) is 6. The summed E-state index contributed by atoms with van der Waals surface area (Å²) >= 11 is 0. The first kappa shape index (κ1) is 18.7. The van der Waals surface area contributed by atoms with E-state index >= 15 is 0 Å². The number of benzene rings is 1. The summed E-state index contributed by atoms with van der Waals surface area (Å²) in [6.07, 6.45) is 1.49. The van der Waals surface area contributed by atoms with Crippen molar-refractivity contribution >= 4 is 34.1 Å². The Morgan fingerprint density at radius 3 is 2.36 bits per heavy atom. The van der Waals surface area contributed by atoms with Gasteiger partial charge < -0.3 is 10.2 Å². The molecule has 1 heterocycles. The lowest BCUT2D eigenvalue weighted by Gasteiger charge is -2.26. The van der Waals surface area contributed by atoms with Crippen LogP contribution in [0.4, 0.5) is 5.69 Å². The zero-order chi connectivity index (χ0) is 18.4. The van der Waals surface area contributed by atoms with E-state index in [1.54, 1.807) is 24.3 Å². The number of nitrogens with one attached hydrogen (secondary N) is 1. The van der Waals surface area contributed by atoms with Crippen LogP contribution in [-0.4, -0.2) is 63.0 Å². The molecule has 134 valence electrons. The number of anilines is 1. The van der Waals surface area contributed by atoms with Crippen LogP contribution in [0.5, 0.6) is 0 Å². The summed E-state index contributed by atoms with van der Waals surface area (Å²) in [6.45, 7) is 7.17. The van der Waals surface area contributed by atoms with Crippen LogP contribution in [0.2, 0.25) is 0 Å². The van der Waals surface area contributed by atoms with Crippen molar-refractivity contribution in [3.8, 4) is 0 Å². The van der Waals surface area contributed by atoms with Gasteiger partial charge in [-0.15, -0.1) is 0 Å². The van der Waals surface area contributed by atoms with Crippen LogP contribution < -0.4 is 10.3 Å². The normalized spacial score (nSPS) is 15.9. The Morgan fingerprint density at radius 1 is 1.24 bits per heavy atom. The van der Waals surface area contributed by atoms with Gasteiger partial charge in [-0.05, 0) is 24.3 Å². The highest BCUT2D eigenvalue weighted by atomic mass is 32.2. The predicted molar refractivity (Wildman–Crippen MR) is 96.2 cm³/mol. The Bertz CT molecular complexity index is 752. The fourth-order valence-electron chi connectivity index (χ4n) is 2.34. The van der Waals surface area contributed by atoms with Gasteiger partial charge in [0.25, 0.3) is 5.91 Å². The molecule has 1 aromatic rings. The highest BCUT2D eigenvalue weighted by Gasteiger charge is 2.25. The third kappa shape index (κ3) is 4.90. The van der Waals surface area contributed by atoms with Gasteiger partial charge in [-0.1, -0.05) is 6.58 Å². The van der Waals surface area contributed by atoms with E-state index in [0.717, 1.165) is 0 Å². The first-order valence-corrected chi connectivity index (χ1v) is 9.43. The maximum atomic E-state index is 12.1. The van der Waals surface area contributed by atoms with Crippen LogP contribution in [0.25, 0.3) is 0 Å². The van der Waals surface area contributed by atoms with Crippen molar-refractivity contribution in [1.82, 2.24) is 10.2 Å². The van der Waals surface area contributed by atoms with Crippen molar-refractivity contribution in [2.75, 3.05) is 36.1 Å². The van der Waals surface area contributed by atoms with Crippen molar-refractivity contribution in [2.45, 2.75) is 0 Å². The van der Waals surface area contributed by atoms with Crippen molar-refractivity contribution in [3.05, 3.63) is 42.6 Å². The van der Waals surface area contributed by atoms with Crippen molar-refractivity contribution in [1.29, 1.82) is 0 Å². The number of hydrazone groups is 1. The van der Waals surface area contributed by atoms with Crippen molar-refractivity contribution in [3.63, 3.8) is 0 Å². The second-order valence-electron chi connectivity index (χ2n) is 5.43. The topological polar surface area (TPSA) is 99.2 Å². The quantitative estimate of drug-likeness (QED) is 0.576. The number of carbonyl (C=O) groups is 2. The van der Waals surface area contributed by atoms with E-state index in [-0.39, 0.29) is 43.0 Å². The number of rotatable bonds is 6. The van der Waals surface area contributed by atoms with Crippen LogP contribution in [0, 0.1) is 0 Å². The molecule has 8 nitrogen and oxygen atoms in total. The third-order valence-electron chi connectivity index (χ3n) is 3.82. The SMILES string of the molecule is C=CN(N=C)c1ccc(C(=O)NCC(=O)N2CCS(=O)(=O)CC2)cc1. The van der Waals surface area contributed by atoms with Gasteiger partial charge in [0.2, 0.25) is 5.91 Å². The summed E-state index contributed by atoms with van der Waals surface area (Å²) in [5.41, 5.74) is 1.10. The van der Waals surface area contributed by atoms with E-state index in [2.05, 4.69) is 23.7 Å². The second-order valence-corrected chi connectivity index (χ2v) is 7.73. The Balaban J connectivity index is 1.88. The van der Waals surface area contributed by atoms with Gasteiger partial charge in [-0.25, -0.2) is 13.4 Å². The minimum atomic E-state index is -3.04. The fraction of sp³-hybridized carbons (Fsp3) is 0.312. The van der Waals surface area contributed by atoms with Gasteiger partial charge in [-0.2, -0.15) is 5.10 Å². The maximum absolute atomic E-state index is 12.1. The van der Waals surface area contributed by atoms with Gasteiger partial charge >= 0.3 is 0 Å². The summed E-state index contributed by atoms with van der Waals surface area (Å²) in [5, 5.41) is 7.74. The van der Waals surface area contributed by atoms with Gasteiger partial charge in [-0.3, -0.25) is 9.59 Å². The summed E-state index contributed by atoms with van der Waals surface area (Å²) in [4.78, 5) is 25.6. The van der Waals surface area contributed by atoms with Gasteiger partial charge in [0.05, 0.1) is 23.7 Å². The van der Waals surface area contributed by atoms with Gasteiger partial charge in [0.1, 0.15) is 0 Å². The van der Waals surface area contributed by atoms with Crippen LogP contribution in [0.15, 0.2) is 42.1 Å². The fourth-order valence-corrected chi connectivity index (χ4v) is 3.54. The standard InChI is InChI=1S/C16H20N4O4S/c1-3-20(17-2)14-6-4-13(5-7-14)16(22)18-12-15(21)19-8-10-25(23,24)11-9-19/h3-7H,1-2,8-12H2,(H,18,22). The lowest BCUT2D eigenvalue weighted by molar-refractivity contribution is -0.129. The second kappa shape index (κ2) is 7.93. The molecule has 2 amide bonds. The first-order valence-electron chi connectivity index (χ1n) is 7.61. The molecular formula is C16H20N4O4S. The van der Waals surface area contributed by atoms with Crippen LogP contribution in [-0.2, 0) is 14.6 Å². The molecule has 0 atom stereocenters. The Labute approximate surface area is 146 Å². The van der Waals surface area contributed by atoms with E-state index in [4.69, 9.17) is 0 Å². The number of carbonyl (C=O) groups excluding carboxylic acids is 2. The van der Waals surface area contributed by atoms with E-state index in [9.17, 15) is 18.0 Å². The molecule has 1 saturated heterocycles. The number of sulfone groups is 1. The lowest BCUT2D eigenvalue weighted by atomic mass is 10.2. The Morgan fingerprint density at radius 2 is 1.84 bits per heavy atom. The minimum absolute atomic E-state index is 0.0364. The summed E-state index contributed by atoms with van der Waals surface area (Å²) in [5.74, 6) is -0.758. The lowest BCUT2D eigenvalue weighted by Crippen LogP contribution is -2.47. The molecule has 0 saturated carbocycles. The molecule has 1 N–H and O–H groups in total. The molecule has 9 heteroatoms. The van der Waals surface area contributed by atoms with E-state index in [1.807, 2.05) is 0 Å². The minimum Gasteiger partial charge on any atom is -0.343 e. The molecule has 1 fully saturated rings. The average Bonchev–Trinajstić information content (AvgIpc) is 2.61. The number of nitrogens with zero attached hydrogens (tertiary/aromatic N) is 3. The predicted octanol–water partition coefficient (Wildman–Crippen LogP) is 0.239. The largest absolute Gasteiger partial charge is 0.343 e. The molecule has 0 aliphatic carbocycles. The molecule has 0 radical (unpaired) electrons. The molecule has 2 rings (SSSR count). The van der Waals surface area contributed by atoms with Gasteiger partial charge in [0.15, 0.2) is 9.84 Å². The zero-order valence-corrected chi connectivity index (χ0v) is 14.5. The van der Waals surface area contributed by atoms with Crippen LogP contribution in [0.3, 0.4) is 0 Å². The molecule has 1 aromatic carbocycles. The van der Waals surface area contributed by atoms with Crippen LogP contribution >= 0.6 is 0 Å². The number of hydrogen-bond donors (Lipinski definition) is 1. The summed E-state index contributed by atoms with van der Waals surface area (Å²) < 4.78 is 22.7. The van der Waals surface area contributed by atoms with Crippen LogP contribution in [0.1, 0.15) is 10.4 Å².